The number of hydrogen-bond donors (Lipinski definition) is 1. The fourth-order valence-corrected chi connectivity index (χ4v) is 1.47. The molecule has 0 aliphatic carbocycles. The standard InChI is InChI=1S/C11H16O3/c1-11(12,10(13-2)14-3)9-7-5-4-6-8-9/h4-8,10,12H,1-3H3/t11-/m0/s1. The van der Waals surface area contributed by atoms with Gasteiger partial charge in [0.05, 0.1) is 0 Å². The number of rotatable bonds is 4. The van der Waals surface area contributed by atoms with E-state index < -0.39 is 11.9 Å². The van der Waals surface area contributed by atoms with Crippen LogP contribution < -0.4 is 0 Å². The van der Waals surface area contributed by atoms with Crippen molar-refractivity contribution in [2.24, 2.45) is 0 Å². The van der Waals surface area contributed by atoms with Crippen LogP contribution in [0.1, 0.15) is 12.5 Å². The van der Waals surface area contributed by atoms with E-state index in [9.17, 15) is 5.11 Å². The third kappa shape index (κ3) is 2.12. The van der Waals surface area contributed by atoms with Crippen LogP contribution >= 0.6 is 0 Å². The molecule has 3 nitrogen and oxygen atoms in total. The molecule has 1 N–H and O–H groups in total. The quantitative estimate of drug-likeness (QED) is 0.742. The molecule has 0 saturated heterocycles. The first-order valence-corrected chi connectivity index (χ1v) is 4.46. The van der Waals surface area contributed by atoms with Gasteiger partial charge in [0.1, 0.15) is 5.60 Å². The van der Waals surface area contributed by atoms with E-state index in [2.05, 4.69) is 0 Å². The van der Waals surface area contributed by atoms with Gasteiger partial charge in [-0.05, 0) is 12.5 Å². The second kappa shape index (κ2) is 4.55. The number of hydrogen-bond acceptors (Lipinski definition) is 3. The maximum Gasteiger partial charge on any atom is 0.189 e. The lowest BCUT2D eigenvalue weighted by Crippen LogP contribution is -2.39. The van der Waals surface area contributed by atoms with Crippen molar-refractivity contribution >= 4 is 0 Å². The Morgan fingerprint density at radius 2 is 1.64 bits per heavy atom. The predicted octanol–water partition coefficient (Wildman–Crippen LogP) is 1.51. The van der Waals surface area contributed by atoms with Gasteiger partial charge in [0.2, 0.25) is 0 Å². The van der Waals surface area contributed by atoms with Crippen LogP contribution in [0.15, 0.2) is 30.3 Å². The molecule has 3 heteroatoms. The minimum absolute atomic E-state index is 0.662. The highest BCUT2D eigenvalue weighted by atomic mass is 16.7. The summed E-state index contributed by atoms with van der Waals surface area (Å²) in [7, 11) is 3.01. The van der Waals surface area contributed by atoms with E-state index in [1.54, 1.807) is 6.92 Å². The monoisotopic (exact) mass is 196 g/mol. The van der Waals surface area contributed by atoms with Crippen LogP contribution in [0.25, 0.3) is 0 Å². The minimum Gasteiger partial charge on any atom is -0.380 e. The molecule has 1 rings (SSSR count). The van der Waals surface area contributed by atoms with Crippen molar-refractivity contribution in [3.05, 3.63) is 35.9 Å². The van der Waals surface area contributed by atoms with Crippen LogP contribution in [0, 0.1) is 0 Å². The lowest BCUT2D eigenvalue weighted by Gasteiger charge is -2.30. The molecular weight excluding hydrogens is 180 g/mol. The summed E-state index contributed by atoms with van der Waals surface area (Å²) in [5, 5.41) is 10.2. The first kappa shape index (κ1) is 11.2. The van der Waals surface area contributed by atoms with Crippen molar-refractivity contribution < 1.29 is 14.6 Å². The van der Waals surface area contributed by atoms with E-state index in [0.717, 1.165) is 5.56 Å². The molecule has 0 amide bonds. The SMILES string of the molecule is COC(OC)[C@@](C)(O)c1ccccc1. The second-order valence-corrected chi connectivity index (χ2v) is 3.32. The summed E-state index contributed by atoms with van der Waals surface area (Å²) in [5.74, 6) is 0. The number of methoxy groups -OCH3 is 2. The van der Waals surface area contributed by atoms with Crippen LogP contribution in [-0.4, -0.2) is 25.6 Å². The molecule has 0 aliphatic rings. The highest BCUT2D eigenvalue weighted by Gasteiger charge is 2.33. The van der Waals surface area contributed by atoms with E-state index in [0.29, 0.717) is 0 Å². The van der Waals surface area contributed by atoms with Crippen LogP contribution in [0.2, 0.25) is 0 Å². The molecule has 0 saturated carbocycles. The lowest BCUT2D eigenvalue weighted by molar-refractivity contribution is -0.213. The number of aliphatic hydroxyl groups is 1. The Labute approximate surface area is 84.3 Å². The molecule has 14 heavy (non-hydrogen) atoms. The Morgan fingerprint density at radius 3 is 2.07 bits per heavy atom. The molecular formula is C11H16O3. The Morgan fingerprint density at radius 1 is 1.14 bits per heavy atom. The fraction of sp³-hybridized carbons (Fsp3) is 0.455. The second-order valence-electron chi connectivity index (χ2n) is 3.32. The highest BCUT2D eigenvalue weighted by molar-refractivity contribution is 5.22. The topological polar surface area (TPSA) is 38.7 Å². The van der Waals surface area contributed by atoms with Crippen molar-refractivity contribution in [3.8, 4) is 0 Å². The van der Waals surface area contributed by atoms with Gasteiger partial charge in [-0.2, -0.15) is 0 Å². The van der Waals surface area contributed by atoms with E-state index >= 15 is 0 Å². The van der Waals surface area contributed by atoms with Gasteiger partial charge in [-0.3, -0.25) is 0 Å². The van der Waals surface area contributed by atoms with Gasteiger partial charge in [-0.1, -0.05) is 30.3 Å². The minimum atomic E-state index is -1.13. The molecule has 0 spiro atoms. The van der Waals surface area contributed by atoms with Crippen molar-refractivity contribution in [1.29, 1.82) is 0 Å². The highest BCUT2D eigenvalue weighted by Crippen LogP contribution is 2.26. The van der Waals surface area contributed by atoms with Gasteiger partial charge in [0.25, 0.3) is 0 Å². The molecule has 0 aliphatic heterocycles. The van der Waals surface area contributed by atoms with Gasteiger partial charge in [-0.15, -0.1) is 0 Å². The first-order chi connectivity index (χ1) is 6.62. The molecule has 0 heterocycles. The molecule has 78 valence electrons. The van der Waals surface area contributed by atoms with Gasteiger partial charge < -0.3 is 14.6 Å². The Kier molecular flexibility index (Phi) is 3.63. The summed E-state index contributed by atoms with van der Waals surface area (Å²) in [4.78, 5) is 0. The Balaban J connectivity index is 2.94. The molecule has 1 atom stereocenters. The average Bonchev–Trinajstić information content (AvgIpc) is 2.20. The zero-order valence-electron chi connectivity index (χ0n) is 8.73. The molecule has 0 bridgehead atoms. The van der Waals surface area contributed by atoms with E-state index in [1.807, 2.05) is 30.3 Å². The molecule has 0 radical (unpaired) electrons. The van der Waals surface area contributed by atoms with Crippen molar-refractivity contribution in [2.75, 3.05) is 14.2 Å². The van der Waals surface area contributed by atoms with Gasteiger partial charge in [0, 0.05) is 14.2 Å². The van der Waals surface area contributed by atoms with Crippen LogP contribution in [0.3, 0.4) is 0 Å². The maximum absolute atomic E-state index is 10.2. The Bertz CT molecular complexity index is 265. The number of ether oxygens (including phenoxy) is 2. The van der Waals surface area contributed by atoms with E-state index in [4.69, 9.17) is 9.47 Å². The molecule has 1 aromatic carbocycles. The van der Waals surface area contributed by atoms with Crippen molar-refractivity contribution in [1.82, 2.24) is 0 Å². The third-order valence-corrected chi connectivity index (χ3v) is 2.25. The third-order valence-electron chi connectivity index (χ3n) is 2.25. The summed E-state index contributed by atoms with van der Waals surface area (Å²) >= 11 is 0. The van der Waals surface area contributed by atoms with E-state index in [1.165, 1.54) is 14.2 Å². The van der Waals surface area contributed by atoms with E-state index in [-0.39, 0.29) is 0 Å². The first-order valence-electron chi connectivity index (χ1n) is 4.46. The van der Waals surface area contributed by atoms with Gasteiger partial charge in [-0.25, -0.2) is 0 Å². The van der Waals surface area contributed by atoms with Crippen molar-refractivity contribution in [2.45, 2.75) is 18.8 Å². The summed E-state index contributed by atoms with van der Waals surface area (Å²) in [6, 6.07) is 9.31. The van der Waals surface area contributed by atoms with Crippen LogP contribution in [0.4, 0.5) is 0 Å². The largest absolute Gasteiger partial charge is 0.380 e. The van der Waals surface area contributed by atoms with Crippen LogP contribution in [0.5, 0.6) is 0 Å². The predicted molar refractivity (Wildman–Crippen MR) is 53.8 cm³/mol. The smallest absolute Gasteiger partial charge is 0.189 e. The zero-order chi connectivity index (χ0) is 10.6. The number of benzene rings is 1. The van der Waals surface area contributed by atoms with Gasteiger partial charge in [0.15, 0.2) is 6.29 Å². The summed E-state index contributed by atoms with van der Waals surface area (Å²) in [6.07, 6.45) is -0.662. The molecule has 0 aromatic heterocycles. The average molecular weight is 196 g/mol. The summed E-state index contributed by atoms with van der Waals surface area (Å²) in [5.41, 5.74) is -0.362. The fourth-order valence-electron chi connectivity index (χ4n) is 1.47. The maximum atomic E-state index is 10.2. The summed E-state index contributed by atoms with van der Waals surface area (Å²) in [6.45, 7) is 1.67. The molecule has 1 aromatic rings. The molecule has 0 unspecified atom stereocenters. The molecule has 0 fully saturated rings. The normalized spacial score (nSPS) is 15.5. The lowest BCUT2D eigenvalue weighted by atomic mass is 9.95. The Hall–Kier alpha value is -0.900. The van der Waals surface area contributed by atoms with Crippen molar-refractivity contribution in [3.63, 3.8) is 0 Å². The van der Waals surface area contributed by atoms with Gasteiger partial charge >= 0.3 is 0 Å². The summed E-state index contributed by atoms with van der Waals surface area (Å²) < 4.78 is 10.1. The van der Waals surface area contributed by atoms with Crippen LogP contribution in [-0.2, 0) is 15.1 Å². The zero-order valence-corrected chi connectivity index (χ0v) is 8.73.